The Hall–Kier alpha value is -0.410. The molecule has 1 aromatic heterocycles. The van der Waals surface area contributed by atoms with Crippen LogP contribution in [0, 0.1) is 12.8 Å². The number of hydrogen-bond acceptors (Lipinski definition) is 4. The molecule has 2 N–H and O–H groups in total. The Morgan fingerprint density at radius 2 is 2.04 bits per heavy atom. The van der Waals surface area contributed by atoms with E-state index in [1.807, 2.05) is 6.92 Å². The minimum Gasteiger partial charge on any atom is -0.380 e. The molecule has 23 heavy (non-hydrogen) atoms. The van der Waals surface area contributed by atoms with Crippen molar-refractivity contribution in [3.8, 4) is 0 Å². The summed E-state index contributed by atoms with van der Waals surface area (Å²) in [6.45, 7) is 9.68. The molecular formula is C16H31IN4OS. The molecule has 0 aliphatic rings. The third kappa shape index (κ3) is 11.7. The highest BCUT2D eigenvalue weighted by molar-refractivity contribution is 14.0. The molecule has 0 bridgehead atoms. The van der Waals surface area contributed by atoms with Gasteiger partial charge in [0.2, 0.25) is 0 Å². The van der Waals surface area contributed by atoms with Crippen LogP contribution in [0.3, 0.4) is 0 Å². The summed E-state index contributed by atoms with van der Waals surface area (Å²) in [5.41, 5.74) is 1.11. The van der Waals surface area contributed by atoms with Crippen molar-refractivity contribution in [2.75, 3.05) is 33.4 Å². The molecule has 0 saturated heterocycles. The van der Waals surface area contributed by atoms with Crippen molar-refractivity contribution in [3.05, 3.63) is 16.1 Å². The van der Waals surface area contributed by atoms with E-state index in [4.69, 9.17) is 4.74 Å². The number of aryl methyl sites for hydroxylation is 2. The Kier molecular flexibility index (Phi) is 13.7. The summed E-state index contributed by atoms with van der Waals surface area (Å²) in [4.78, 5) is 8.67. The first-order chi connectivity index (χ1) is 10.6. The largest absolute Gasteiger partial charge is 0.380 e. The molecule has 1 rings (SSSR count). The number of nitrogens with one attached hydrogen (secondary N) is 2. The predicted octanol–water partition coefficient (Wildman–Crippen LogP) is 3.23. The molecule has 0 fully saturated rings. The molecule has 1 heterocycles. The summed E-state index contributed by atoms with van der Waals surface area (Å²) in [6.07, 6.45) is 3.18. The van der Waals surface area contributed by atoms with Crippen LogP contribution in [0.1, 0.15) is 37.4 Å². The first kappa shape index (κ1) is 22.6. The lowest BCUT2D eigenvalue weighted by Gasteiger charge is -2.12. The SMILES string of the molecule is CN=C(NCCCc1nc(C)cs1)NCCOCCC(C)C.I. The number of guanidine groups is 1. The Balaban J connectivity index is 0.00000484. The maximum absolute atomic E-state index is 5.57. The highest BCUT2D eigenvalue weighted by Crippen LogP contribution is 2.10. The second-order valence-electron chi connectivity index (χ2n) is 5.71. The lowest BCUT2D eigenvalue weighted by atomic mass is 10.1. The number of rotatable bonds is 10. The molecule has 0 radical (unpaired) electrons. The summed E-state index contributed by atoms with van der Waals surface area (Å²) < 4.78 is 5.57. The molecule has 0 saturated carbocycles. The van der Waals surface area contributed by atoms with Crippen molar-refractivity contribution in [2.45, 2.75) is 40.0 Å². The van der Waals surface area contributed by atoms with Crippen LogP contribution in [0.15, 0.2) is 10.4 Å². The number of ether oxygens (including phenoxy) is 1. The topological polar surface area (TPSA) is 58.5 Å². The second-order valence-corrected chi connectivity index (χ2v) is 6.65. The van der Waals surface area contributed by atoms with Crippen molar-refractivity contribution in [1.82, 2.24) is 15.6 Å². The van der Waals surface area contributed by atoms with Crippen LogP contribution in [0.4, 0.5) is 0 Å². The molecule has 7 heteroatoms. The maximum atomic E-state index is 5.57. The zero-order valence-corrected chi connectivity index (χ0v) is 17.9. The van der Waals surface area contributed by atoms with Gasteiger partial charge in [0, 0.05) is 44.2 Å². The van der Waals surface area contributed by atoms with E-state index in [9.17, 15) is 0 Å². The monoisotopic (exact) mass is 454 g/mol. The van der Waals surface area contributed by atoms with Gasteiger partial charge in [0.1, 0.15) is 0 Å². The molecule has 0 spiro atoms. The number of thiazole rings is 1. The van der Waals surface area contributed by atoms with Gasteiger partial charge in [0.05, 0.1) is 11.6 Å². The Morgan fingerprint density at radius 3 is 2.65 bits per heavy atom. The molecule has 5 nitrogen and oxygen atoms in total. The third-order valence-corrected chi connectivity index (χ3v) is 4.15. The molecule has 134 valence electrons. The molecule has 0 aliphatic carbocycles. The van der Waals surface area contributed by atoms with Crippen molar-refractivity contribution >= 4 is 41.3 Å². The van der Waals surface area contributed by atoms with Crippen molar-refractivity contribution in [2.24, 2.45) is 10.9 Å². The summed E-state index contributed by atoms with van der Waals surface area (Å²) >= 11 is 1.74. The van der Waals surface area contributed by atoms with Crippen molar-refractivity contribution < 1.29 is 4.74 Å². The van der Waals surface area contributed by atoms with Crippen LogP contribution in [-0.4, -0.2) is 44.3 Å². The van der Waals surface area contributed by atoms with Crippen molar-refractivity contribution in [3.63, 3.8) is 0 Å². The van der Waals surface area contributed by atoms with Gasteiger partial charge in [-0.05, 0) is 25.7 Å². The summed E-state index contributed by atoms with van der Waals surface area (Å²) in [5, 5.41) is 9.89. The van der Waals surface area contributed by atoms with Gasteiger partial charge < -0.3 is 15.4 Å². The van der Waals surface area contributed by atoms with Gasteiger partial charge in [-0.1, -0.05) is 13.8 Å². The van der Waals surface area contributed by atoms with E-state index < -0.39 is 0 Å². The van der Waals surface area contributed by atoms with Gasteiger partial charge in [-0.3, -0.25) is 4.99 Å². The molecular weight excluding hydrogens is 423 g/mol. The molecule has 0 amide bonds. The zero-order valence-electron chi connectivity index (χ0n) is 14.7. The summed E-state index contributed by atoms with van der Waals surface area (Å²) in [6, 6.07) is 0. The van der Waals surface area contributed by atoms with Gasteiger partial charge in [-0.2, -0.15) is 0 Å². The highest BCUT2D eigenvalue weighted by atomic mass is 127. The molecule has 0 atom stereocenters. The van der Waals surface area contributed by atoms with Gasteiger partial charge >= 0.3 is 0 Å². The van der Waals surface area contributed by atoms with E-state index in [1.165, 1.54) is 5.01 Å². The Morgan fingerprint density at radius 1 is 1.30 bits per heavy atom. The van der Waals surface area contributed by atoms with Crippen molar-refractivity contribution in [1.29, 1.82) is 0 Å². The molecule has 0 aliphatic heterocycles. The van der Waals surface area contributed by atoms with Gasteiger partial charge in [0.25, 0.3) is 0 Å². The van der Waals surface area contributed by atoms with E-state index in [2.05, 4.69) is 39.8 Å². The van der Waals surface area contributed by atoms with E-state index in [0.29, 0.717) is 12.5 Å². The minimum absolute atomic E-state index is 0. The van der Waals surface area contributed by atoms with E-state index in [0.717, 1.165) is 50.6 Å². The van der Waals surface area contributed by atoms with E-state index in [-0.39, 0.29) is 24.0 Å². The fourth-order valence-corrected chi connectivity index (χ4v) is 2.67. The first-order valence-electron chi connectivity index (χ1n) is 8.05. The Labute approximate surface area is 161 Å². The maximum Gasteiger partial charge on any atom is 0.191 e. The number of hydrogen-bond donors (Lipinski definition) is 2. The standard InChI is InChI=1S/C16H30N4OS.HI/c1-13(2)7-10-21-11-9-19-16(17-4)18-8-5-6-15-20-14(3)12-22-15;/h12-13H,5-11H2,1-4H3,(H2,17,18,19);1H. The average molecular weight is 454 g/mol. The highest BCUT2D eigenvalue weighted by Gasteiger charge is 2.00. The van der Waals surface area contributed by atoms with Crippen LogP contribution in [0.25, 0.3) is 0 Å². The normalized spacial score (nSPS) is 11.4. The fraction of sp³-hybridized carbons (Fsp3) is 0.750. The van der Waals surface area contributed by atoms with Crippen LogP contribution in [0.5, 0.6) is 0 Å². The summed E-state index contributed by atoms with van der Waals surface area (Å²) in [7, 11) is 1.79. The van der Waals surface area contributed by atoms with Gasteiger partial charge in [-0.15, -0.1) is 35.3 Å². The van der Waals surface area contributed by atoms with E-state index >= 15 is 0 Å². The van der Waals surface area contributed by atoms with Gasteiger partial charge in [0.15, 0.2) is 5.96 Å². The number of halogens is 1. The van der Waals surface area contributed by atoms with Crippen LogP contribution >= 0.6 is 35.3 Å². The molecule has 0 aromatic carbocycles. The number of aromatic nitrogens is 1. The summed E-state index contributed by atoms with van der Waals surface area (Å²) in [5.74, 6) is 1.53. The Bertz CT molecular complexity index is 437. The van der Waals surface area contributed by atoms with Crippen LogP contribution < -0.4 is 10.6 Å². The van der Waals surface area contributed by atoms with Crippen LogP contribution in [-0.2, 0) is 11.2 Å². The quantitative estimate of drug-likeness (QED) is 0.247. The number of nitrogens with zero attached hydrogens (tertiary/aromatic N) is 2. The minimum atomic E-state index is 0. The lowest BCUT2D eigenvalue weighted by molar-refractivity contribution is 0.128. The zero-order chi connectivity index (χ0) is 16.2. The molecule has 1 aromatic rings. The van der Waals surface area contributed by atoms with E-state index in [1.54, 1.807) is 18.4 Å². The average Bonchev–Trinajstić information content (AvgIpc) is 2.90. The molecule has 0 unspecified atom stereocenters. The predicted molar refractivity (Wildman–Crippen MR) is 110 cm³/mol. The lowest BCUT2D eigenvalue weighted by Crippen LogP contribution is -2.39. The third-order valence-electron chi connectivity index (χ3n) is 3.13. The van der Waals surface area contributed by atoms with Gasteiger partial charge in [-0.25, -0.2) is 4.98 Å². The smallest absolute Gasteiger partial charge is 0.191 e. The fourth-order valence-electron chi connectivity index (χ4n) is 1.85. The number of aliphatic imine (C=N–C) groups is 1. The van der Waals surface area contributed by atoms with Crippen LogP contribution in [0.2, 0.25) is 0 Å². The first-order valence-corrected chi connectivity index (χ1v) is 8.93. The second kappa shape index (κ2) is 14.0.